The summed E-state index contributed by atoms with van der Waals surface area (Å²) in [5.41, 5.74) is 1.88. The molecule has 10 heteroatoms. The van der Waals surface area contributed by atoms with E-state index in [1.165, 1.54) is 16.6 Å². The maximum Gasteiger partial charge on any atom is 0.332 e. The lowest BCUT2D eigenvalue weighted by Crippen LogP contribution is -2.28. The number of carboxylic acids is 1. The van der Waals surface area contributed by atoms with Crippen LogP contribution in [0.15, 0.2) is 17.2 Å². The first-order valence-electron chi connectivity index (χ1n) is 6.24. The largest absolute Gasteiger partial charge is 0.479 e. The van der Waals surface area contributed by atoms with Crippen molar-refractivity contribution in [3.8, 4) is 0 Å². The van der Waals surface area contributed by atoms with Crippen LogP contribution in [0.1, 0.15) is 23.3 Å². The molecule has 0 radical (unpaired) electrons. The van der Waals surface area contributed by atoms with Gasteiger partial charge in [-0.2, -0.15) is 4.31 Å². The maximum atomic E-state index is 12.2. The van der Waals surface area contributed by atoms with Gasteiger partial charge in [-0.05, 0) is 18.9 Å². The zero-order chi connectivity index (χ0) is 15.5. The Morgan fingerprint density at radius 3 is 2.67 bits per heavy atom. The van der Waals surface area contributed by atoms with Gasteiger partial charge in [-0.3, -0.25) is 9.63 Å². The molecule has 9 nitrogen and oxygen atoms in total. The van der Waals surface area contributed by atoms with E-state index < -0.39 is 28.5 Å². The van der Waals surface area contributed by atoms with Crippen molar-refractivity contribution in [1.82, 2.24) is 14.8 Å². The van der Waals surface area contributed by atoms with E-state index in [1.807, 2.05) is 5.48 Å². The molecule has 1 aromatic heterocycles. The molecule has 0 unspecified atom stereocenters. The molecule has 0 bridgehead atoms. The van der Waals surface area contributed by atoms with Crippen molar-refractivity contribution in [2.75, 3.05) is 19.7 Å². The summed E-state index contributed by atoms with van der Waals surface area (Å²) in [6.45, 7) is 0.249. The Morgan fingerprint density at radius 2 is 2.05 bits per heavy atom. The smallest absolute Gasteiger partial charge is 0.332 e. The number of carbonyl (C=O) groups excluding carboxylic acids is 1. The molecule has 1 aromatic rings. The zero-order valence-electron chi connectivity index (χ0n) is 11.0. The Bertz CT molecular complexity index is 632. The Balaban J connectivity index is 2.03. The van der Waals surface area contributed by atoms with Gasteiger partial charge in [-0.25, -0.2) is 18.7 Å². The van der Waals surface area contributed by atoms with Gasteiger partial charge in [0.1, 0.15) is 10.6 Å². The number of rotatable bonds is 6. The molecule has 1 amide bonds. The second-order valence-corrected chi connectivity index (χ2v) is 6.41. The lowest BCUT2D eigenvalue weighted by atomic mass is 10.4. The minimum Gasteiger partial charge on any atom is -0.479 e. The minimum atomic E-state index is -3.60. The van der Waals surface area contributed by atoms with Gasteiger partial charge in [-0.1, -0.05) is 0 Å². The number of sulfonamides is 1. The molecule has 1 saturated heterocycles. The SMILES string of the molecule is O=C(O)CONC(=O)c1cc(S(=O)(=O)N2CCCC2)c[nH]1. The average Bonchev–Trinajstić information content (AvgIpc) is 3.10. The van der Waals surface area contributed by atoms with Gasteiger partial charge in [0.15, 0.2) is 6.61 Å². The molecule has 0 saturated carbocycles. The predicted octanol–water partition coefficient (Wildman–Crippen LogP) is -0.455. The molecule has 2 heterocycles. The van der Waals surface area contributed by atoms with Crippen LogP contribution < -0.4 is 5.48 Å². The van der Waals surface area contributed by atoms with Gasteiger partial charge in [0.05, 0.1) is 0 Å². The molecule has 0 aromatic carbocycles. The standard InChI is InChI=1S/C11H15N3O6S/c15-10(16)7-20-13-11(17)9-5-8(6-12-9)21(18,19)14-3-1-2-4-14/h5-6,12H,1-4,7H2,(H,13,17)(H,15,16). The molecule has 1 aliphatic heterocycles. The fourth-order valence-electron chi connectivity index (χ4n) is 1.95. The van der Waals surface area contributed by atoms with Crippen molar-refractivity contribution in [1.29, 1.82) is 0 Å². The summed E-state index contributed by atoms with van der Waals surface area (Å²) in [6, 6.07) is 1.19. The lowest BCUT2D eigenvalue weighted by Gasteiger charge is -2.13. The van der Waals surface area contributed by atoms with E-state index >= 15 is 0 Å². The molecule has 21 heavy (non-hydrogen) atoms. The third kappa shape index (κ3) is 3.60. The first-order chi connectivity index (χ1) is 9.91. The molecule has 116 valence electrons. The van der Waals surface area contributed by atoms with E-state index in [9.17, 15) is 18.0 Å². The second-order valence-electron chi connectivity index (χ2n) is 4.47. The van der Waals surface area contributed by atoms with Crippen LogP contribution in [-0.2, 0) is 19.7 Å². The number of nitrogens with one attached hydrogen (secondary N) is 2. The van der Waals surface area contributed by atoms with Crippen molar-refractivity contribution < 1.29 is 28.0 Å². The van der Waals surface area contributed by atoms with Crippen molar-refractivity contribution in [3.05, 3.63) is 18.0 Å². The zero-order valence-corrected chi connectivity index (χ0v) is 11.9. The monoisotopic (exact) mass is 317 g/mol. The summed E-state index contributed by atoms with van der Waals surface area (Å²) in [7, 11) is -3.60. The van der Waals surface area contributed by atoms with E-state index in [0.29, 0.717) is 13.1 Å². The number of nitrogens with zero attached hydrogens (tertiary/aromatic N) is 1. The highest BCUT2D eigenvalue weighted by Gasteiger charge is 2.28. The number of hydroxylamine groups is 1. The normalized spacial score (nSPS) is 16.0. The number of aliphatic carboxylic acids is 1. The van der Waals surface area contributed by atoms with E-state index in [0.717, 1.165) is 12.8 Å². The van der Waals surface area contributed by atoms with Crippen LogP contribution in [0.3, 0.4) is 0 Å². The Labute approximate surface area is 120 Å². The topological polar surface area (TPSA) is 129 Å². The number of hydrogen-bond donors (Lipinski definition) is 3. The number of aromatic amines is 1. The summed E-state index contributed by atoms with van der Waals surface area (Å²) in [5.74, 6) is -1.99. The van der Waals surface area contributed by atoms with Gasteiger partial charge in [0, 0.05) is 19.3 Å². The van der Waals surface area contributed by atoms with Gasteiger partial charge >= 0.3 is 5.97 Å². The van der Waals surface area contributed by atoms with Crippen molar-refractivity contribution in [2.24, 2.45) is 0 Å². The van der Waals surface area contributed by atoms with Crippen molar-refractivity contribution in [3.63, 3.8) is 0 Å². The summed E-state index contributed by atoms with van der Waals surface area (Å²) < 4.78 is 25.8. The van der Waals surface area contributed by atoms with E-state index in [2.05, 4.69) is 9.82 Å². The molecule has 2 rings (SSSR count). The molecular formula is C11H15N3O6S. The summed E-state index contributed by atoms with van der Waals surface area (Å²) in [4.78, 5) is 28.8. The van der Waals surface area contributed by atoms with Gasteiger partial charge < -0.3 is 10.1 Å². The van der Waals surface area contributed by atoms with E-state index in [4.69, 9.17) is 5.11 Å². The number of carboxylic acid groups (broad SMARTS) is 1. The molecule has 1 fully saturated rings. The molecule has 3 N–H and O–H groups in total. The summed E-state index contributed by atoms with van der Waals surface area (Å²) >= 11 is 0. The highest BCUT2D eigenvalue weighted by Crippen LogP contribution is 2.21. The predicted molar refractivity (Wildman–Crippen MR) is 69.8 cm³/mol. The van der Waals surface area contributed by atoms with Crippen molar-refractivity contribution >= 4 is 21.9 Å². The van der Waals surface area contributed by atoms with Gasteiger partial charge in [-0.15, -0.1) is 0 Å². The van der Waals surface area contributed by atoms with E-state index in [-0.39, 0.29) is 10.6 Å². The van der Waals surface area contributed by atoms with E-state index in [1.54, 1.807) is 0 Å². The third-order valence-electron chi connectivity index (χ3n) is 2.96. The number of hydrogen-bond acceptors (Lipinski definition) is 5. The summed E-state index contributed by atoms with van der Waals surface area (Å²) in [6.07, 6.45) is 2.86. The van der Waals surface area contributed by atoms with Crippen LogP contribution in [0, 0.1) is 0 Å². The molecule has 0 aliphatic carbocycles. The first-order valence-corrected chi connectivity index (χ1v) is 7.68. The maximum absolute atomic E-state index is 12.2. The average molecular weight is 317 g/mol. The molecule has 1 aliphatic rings. The van der Waals surface area contributed by atoms with Crippen LogP contribution in [0.2, 0.25) is 0 Å². The van der Waals surface area contributed by atoms with Gasteiger partial charge in [0.25, 0.3) is 5.91 Å². The van der Waals surface area contributed by atoms with Crippen molar-refractivity contribution in [2.45, 2.75) is 17.7 Å². The number of amides is 1. The fraction of sp³-hybridized carbons (Fsp3) is 0.455. The first kappa shape index (κ1) is 15.5. The Kier molecular flexibility index (Phi) is 4.60. The minimum absolute atomic E-state index is 0.00668. The van der Waals surface area contributed by atoms with Gasteiger partial charge in [0.2, 0.25) is 10.0 Å². The number of aromatic nitrogens is 1. The Morgan fingerprint density at radius 1 is 1.38 bits per heavy atom. The van der Waals surface area contributed by atoms with Crippen LogP contribution in [-0.4, -0.2) is 54.4 Å². The highest BCUT2D eigenvalue weighted by molar-refractivity contribution is 7.89. The molecular weight excluding hydrogens is 302 g/mol. The third-order valence-corrected chi connectivity index (χ3v) is 4.84. The molecule has 0 atom stereocenters. The van der Waals surface area contributed by atoms with Crippen LogP contribution in [0.4, 0.5) is 0 Å². The quantitative estimate of drug-likeness (QED) is 0.609. The highest BCUT2D eigenvalue weighted by atomic mass is 32.2. The second kappa shape index (κ2) is 6.24. The fourth-order valence-corrected chi connectivity index (χ4v) is 3.46. The van der Waals surface area contributed by atoms with Crippen LogP contribution >= 0.6 is 0 Å². The summed E-state index contributed by atoms with van der Waals surface area (Å²) in [5, 5.41) is 8.36. The lowest BCUT2D eigenvalue weighted by molar-refractivity contribution is -0.144. The Hall–Kier alpha value is -1.91. The molecule has 0 spiro atoms. The van der Waals surface area contributed by atoms with Crippen LogP contribution in [0.25, 0.3) is 0 Å². The van der Waals surface area contributed by atoms with Crippen LogP contribution in [0.5, 0.6) is 0 Å². The number of carbonyl (C=O) groups is 2. The number of H-pyrrole nitrogens is 1.